The second-order valence-electron chi connectivity index (χ2n) is 11.4. The van der Waals surface area contributed by atoms with E-state index in [9.17, 15) is 8.78 Å². The number of piperidine rings is 3. The Balaban J connectivity index is 1.48. The molecule has 0 N–H and O–H groups in total. The number of nitrogens with zero attached hydrogens (tertiary/aromatic N) is 2. The summed E-state index contributed by atoms with van der Waals surface area (Å²) < 4.78 is 56.3. The van der Waals surface area contributed by atoms with E-state index in [-0.39, 0.29) is 30.2 Å². The lowest BCUT2D eigenvalue weighted by atomic mass is 9.71. The van der Waals surface area contributed by atoms with Crippen LogP contribution >= 0.6 is 0 Å². The van der Waals surface area contributed by atoms with Gasteiger partial charge >= 0.3 is 0 Å². The van der Waals surface area contributed by atoms with Gasteiger partial charge in [0.2, 0.25) is 0 Å². The van der Waals surface area contributed by atoms with Crippen molar-refractivity contribution in [1.82, 2.24) is 4.98 Å². The molecule has 3 aliphatic rings. The smallest absolute Gasteiger partial charge is 0.194 e. The van der Waals surface area contributed by atoms with Crippen LogP contribution in [0.1, 0.15) is 35.6 Å². The van der Waals surface area contributed by atoms with Gasteiger partial charge in [-0.15, -0.1) is 6.58 Å². The third-order valence-electron chi connectivity index (χ3n) is 9.19. The van der Waals surface area contributed by atoms with Crippen molar-refractivity contribution >= 4 is 10.9 Å². The summed E-state index contributed by atoms with van der Waals surface area (Å²) in [7, 11) is 1.64. The highest BCUT2D eigenvalue weighted by Crippen LogP contribution is 2.49. The number of hydrogen-bond donors (Lipinski definition) is 0. The van der Waals surface area contributed by atoms with Crippen LogP contribution in [-0.2, 0) is 17.9 Å². The van der Waals surface area contributed by atoms with Gasteiger partial charge in [0.25, 0.3) is 0 Å². The Morgan fingerprint density at radius 2 is 1.88 bits per heavy atom. The Morgan fingerprint density at radius 1 is 1.05 bits per heavy atom. The minimum Gasteiger partial charge on any atom is -0.497 e. The number of fused-ring (bicyclic) bond motifs is 4. The number of pyridine rings is 1. The average molecular weight is 560 g/mol. The Bertz CT molecular complexity index is 1560. The summed E-state index contributed by atoms with van der Waals surface area (Å²) in [6, 6.07) is 20.2. The second-order valence-corrected chi connectivity index (χ2v) is 11.4. The Kier molecular flexibility index (Phi) is 7.58. The van der Waals surface area contributed by atoms with Gasteiger partial charge in [-0.3, -0.25) is 4.98 Å². The van der Waals surface area contributed by atoms with Crippen molar-refractivity contribution in [2.24, 2.45) is 11.8 Å². The van der Waals surface area contributed by atoms with Crippen LogP contribution in [0.25, 0.3) is 10.9 Å². The molecule has 1 aromatic heterocycles. The van der Waals surface area contributed by atoms with Crippen molar-refractivity contribution in [2.45, 2.75) is 38.1 Å². The topological polar surface area (TPSA) is 31.4 Å². The molecule has 3 aliphatic heterocycles. The van der Waals surface area contributed by atoms with E-state index in [2.05, 4.69) is 11.6 Å². The number of halogens is 3. The van der Waals surface area contributed by atoms with Gasteiger partial charge in [-0.05, 0) is 53.4 Å². The molecular formula is C34H34F3N2O2+. The average Bonchev–Trinajstić information content (AvgIpc) is 3.02. The summed E-state index contributed by atoms with van der Waals surface area (Å²) in [6.45, 7) is 6.25. The number of ether oxygens (including phenoxy) is 2. The van der Waals surface area contributed by atoms with Crippen molar-refractivity contribution in [3.63, 3.8) is 0 Å². The first kappa shape index (κ1) is 27.5. The van der Waals surface area contributed by atoms with Crippen LogP contribution in [0.5, 0.6) is 5.75 Å². The largest absolute Gasteiger partial charge is 0.497 e. The van der Waals surface area contributed by atoms with Gasteiger partial charge in [-0.2, -0.15) is 0 Å². The third-order valence-corrected chi connectivity index (χ3v) is 9.19. The summed E-state index contributed by atoms with van der Waals surface area (Å²) in [6.07, 6.45) is 5.23. The van der Waals surface area contributed by atoms with Gasteiger partial charge in [-0.25, -0.2) is 13.2 Å². The number of hydrogen-bond acceptors (Lipinski definition) is 3. The zero-order valence-electron chi connectivity index (χ0n) is 23.1. The highest BCUT2D eigenvalue weighted by Gasteiger charge is 2.55. The first-order chi connectivity index (χ1) is 19.9. The lowest BCUT2D eigenvalue weighted by Crippen LogP contribution is -2.67. The van der Waals surface area contributed by atoms with Crippen molar-refractivity contribution in [3.05, 3.63) is 120 Å². The van der Waals surface area contributed by atoms with E-state index in [0.717, 1.165) is 59.8 Å². The Hall–Kier alpha value is -3.68. The molecule has 3 aromatic carbocycles. The molecule has 7 heteroatoms. The van der Waals surface area contributed by atoms with Gasteiger partial charge < -0.3 is 14.0 Å². The molecule has 0 amide bonds. The maximum atomic E-state index is 15.1. The normalized spacial score (nSPS) is 24.3. The lowest BCUT2D eigenvalue weighted by Gasteiger charge is -2.58. The minimum atomic E-state index is -1.42. The van der Waals surface area contributed by atoms with Crippen molar-refractivity contribution in [2.75, 3.05) is 20.2 Å². The van der Waals surface area contributed by atoms with Crippen molar-refractivity contribution in [3.8, 4) is 5.75 Å². The van der Waals surface area contributed by atoms with Gasteiger partial charge in [0.15, 0.2) is 17.5 Å². The summed E-state index contributed by atoms with van der Waals surface area (Å²) in [5, 5.41) is 0.935. The quantitative estimate of drug-likeness (QED) is 0.121. The molecule has 4 heterocycles. The van der Waals surface area contributed by atoms with Crippen LogP contribution in [0.4, 0.5) is 13.2 Å². The van der Waals surface area contributed by atoms with Crippen LogP contribution < -0.4 is 4.74 Å². The molecule has 3 fully saturated rings. The van der Waals surface area contributed by atoms with E-state index in [1.165, 1.54) is 6.07 Å². The summed E-state index contributed by atoms with van der Waals surface area (Å²) in [5.74, 6) is -2.33. The molecule has 5 atom stereocenters. The van der Waals surface area contributed by atoms with E-state index in [1.807, 2.05) is 60.7 Å². The van der Waals surface area contributed by atoms with E-state index in [4.69, 9.17) is 9.47 Å². The molecule has 4 nitrogen and oxygen atoms in total. The van der Waals surface area contributed by atoms with Crippen LogP contribution in [0.2, 0.25) is 0 Å². The molecule has 0 aliphatic carbocycles. The fourth-order valence-electron chi connectivity index (χ4n) is 7.08. The molecule has 212 valence electrons. The first-order valence-corrected chi connectivity index (χ1v) is 14.1. The molecular weight excluding hydrogens is 525 g/mol. The van der Waals surface area contributed by atoms with E-state index in [1.54, 1.807) is 13.3 Å². The summed E-state index contributed by atoms with van der Waals surface area (Å²) in [4.78, 5) is 4.59. The van der Waals surface area contributed by atoms with E-state index in [0.29, 0.717) is 17.0 Å². The molecule has 7 rings (SSSR count). The van der Waals surface area contributed by atoms with Gasteiger partial charge in [-0.1, -0.05) is 36.4 Å². The maximum absolute atomic E-state index is 15.1. The number of rotatable bonds is 9. The van der Waals surface area contributed by atoms with Crippen LogP contribution in [0.15, 0.2) is 85.6 Å². The molecule has 4 aromatic rings. The number of aromatic nitrogens is 1. The predicted molar refractivity (Wildman–Crippen MR) is 152 cm³/mol. The molecule has 0 spiro atoms. The summed E-state index contributed by atoms with van der Waals surface area (Å²) in [5.41, 5.74) is 3.04. The van der Waals surface area contributed by atoms with Gasteiger partial charge in [0.05, 0.1) is 32.3 Å². The van der Waals surface area contributed by atoms with Gasteiger partial charge in [0.1, 0.15) is 24.4 Å². The molecule has 0 radical (unpaired) electrons. The van der Waals surface area contributed by atoms with E-state index >= 15 is 4.39 Å². The molecule has 2 bridgehead atoms. The summed E-state index contributed by atoms with van der Waals surface area (Å²) >= 11 is 0. The Labute approximate surface area is 238 Å². The van der Waals surface area contributed by atoms with Crippen molar-refractivity contribution in [1.29, 1.82) is 0 Å². The van der Waals surface area contributed by atoms with Crippen LogP contribution in [0.3, 0.4) is 0 Å². The maximum Gasteiger partial charge on any atom is 0.194 e. The highest BCUT2D eigenvalue weighted by molar-refractivity contribution is 5.84. The molecule has 0 unspecified atom stereocenters. The van der Waals surface area contributed by atoms with Crippen molar-refractivity contribution < 1.29 is 27.1 Å². The lowest BCUT2D eigenvalue weighted by molar-refractivity contribution is -0.985. The predicted octanol–water partition coefficient (Wildman–Crippen LogP) is 7.53. The third kappa shape index (κ3) is 5.13. The van der Waals surface area contributed by atoms with E-state index < -0.39 is 17.5 Å². The van der Waals surface area contributed by atoms with Crippen LogP contribution in [0, 0.1) is 29.3 Å². The number of benzene rings is 3. The first-order valence-electron chi connectivity index (χ1n) is 14.1. The zero-order chi connectivity index (χ0) is 28.6. The SMILES string of the molecule is C=C[C@H]1C[N@+]2(Cc3ccc(F)c(F)c3F)CC[C@H]1C[C@@H]2[C@@H](OCc1ccccc1)c1ccnc2ccc(OC)cc12. The molecule has 41 heavy (non-hydrogen) atoms. The number of methoxy groups -OCH3 is 1. The van der Waals surface area contributed by atoms with Gasteiger partial charge in [0, 0.05) is 35.9 Å². The second kappa shape index (κ2) is 11.3. The molecule has 3 saturated heterocycles. The monoisotopic (exact) mass is 559 g/mol. The standard InChI is InChI=1S/C34H34F3N2O2/c1-3-23-19-39(20-25-9-11-29(35)33(37)32(25)36)16-14-24(23)17-31(39)34(41-21-22-7-5-4-6-8-22)27-13-15-38-30-12-10-26(40-2)18-28(27)30/h3-13,15,18,23-24,31,34H,1,14,16-17,19-21H2,2H3/q+1/t23-,24-,31+,34-,39-/m0/s1. The fraction of sp³-hybridized carbons (Fsp3) is 0.324. The molecule has 0 saturated carbocycles. The van der Waals surface area contributed by atoms with Crippen LogP contribution in [-0.4, -0.2) is 35.7 Å². The minimum absolute atomic E-state index is 0.0574. The highest BCUT2D eigenvalue weighted by atomic mass is 19.2. The number of quaternary nitrogens is 1. The zero-order valence-corrected chi connectivity index (χ0v) is 23.1. The fourth-order valence-corrected chi connectivity index (χ4v) is 7.08. The Morgan fingerprint density at radius 3 is 2.66 bits per heavy atom.